The van der Waals surface area contributed by atoms with Gasteiger partial charge >= 0.3 is 0 Å². The van der Waals surface area contributed by atoms with Crippen LogP contribution in [0.25, 0.3) is 0 Å². The standard InChI is InChI=1S/C12H15N3S2/c1-9(2)14-7-10-3-4-11(15-8-10)17-12-13-5-6-16-12/h3-6,8-9,14H,7H2,1-2H3. The van der Waals surface area contributed by atoms with E-state index >= 15 is 0 Å². The van der Waals surface area contributed by atoms with Crippen LogP contribution in [0.2, 0.25) is 0 Å². The Morgan fingerprint density at radius 3 is 2.82 bits per heavy atom. The molecule has 3 nitrogen and oxygen atoms in total. The zero-order chi connectivity index (χ0) is 12.1. The van der Waals surface area contributed by atoms with E-state index in [1.165, 1.54) is 5.56 Å². The van der Waals surface area contributed by atoms with Crippen LogP contribution in [0.1, 0.15) is 19.4 Å². The van der Waals surface area contributed by atoms with Crippen molar-refractivity contribution in [2.45, 2.75) is 35.8 Å². The number of nitrogens with one attached hydrogen (secondary N) is 1. The van der Waals surface area contributed by atoms with Crippen LogP contribution in [0.15, 0.2) is 39.3 Å². The fourth-order valence-corrected chi connectivity index (χ4v) is 2.76. The van der Waals surface area contributed by atoms with Crippen molar-refractivity contribution in [2.24, 2.45) is 0 Å². The second-order valence-corrected chi connectivity index (χ2v) is 6.10. The van der Waals surface area contributed by atoms with E-state index < -0.39 is 0 Å². The number of pyridine rings is 1. The minimum atomic E-state index is 0.499. The summed E-state index contributed by atoms with van der Waals surface area (Å²) < 4.78 is 1.03. The summed E-state index contributed by atoms with van der Waals surface area (Å²) in [5.41, 5.74) is 1.21. The van der Waals surface area contributed by atoms with Crippen LogP contribution in [-0.4, -0.2) is 16.0 Å². The first-order chi connectivity index (χ1) is 8.24. The van der Waals surface area contributed by atoms with E-state index in [0.29, 0.717) is 6.04 Å². The Bertz CT molecular complexity index is 437. The highest BCUT2D eigenvalue weighted by Crippen LogP contribution is 2.27. The largest absolute Gasteiger partial charge is 0.310 e. The van der Waals surface area contributed by atoms with Crippen molar-refractivity contribution in [1.82, 2.24) is 15.3 Å². The van der Waals surface area contributed by atoms with Crippen LogP contribution in [0.5, 0.6) is 0 Å². The van der Waals surface area contributed by atoms with Crippen molar-refractivity contribution < 1.29 is 0 Å². The summed E-state index contributed by atoms with van der Waals surface area (Å²) in [5, 5.41) is 6.34. The molecule has 0 aliphatic heterocycles. The molecule has 0 spiro atoms. The summed E-state index contributed by atoms with van der Waals surface area (Å²) in [5.74, 6) is 0. The predicted octanol–water partition coefficient (Wildman–Crippen LogP) is 3.19. The van der Waals surface area contributed by atoms with Gasteiger partial charge in [-0.2, -0.15) is 0 Å². The van der Waals surface area contributed by atoms with Gasteiger partial charge in [-0.05, 0) is 23.4 Å². The molecule has 0 unspecified atom stereocenters. The average molecular weight is 265 g/mol. The van der Waals surface area contributed by atoms with Crippen molar-refractivity contribution in [3.8, 4) is 0 Å². The first-order valence-corrected chi connectivity index (χ1v) is 7.19. The lowest BCUT2D eigenvalue weighted by molar-refractivity contribution is 0.587. The van der Waals surface area contributed by atoms with E-state index in [9.17, 15) is 0 Å². The lowest BCUT2D eigenvalue weighted by Gasteiger charge is -2.07. The monoisotopic (exact) mass is 265 g/mol. The van der Waals surface area contributed by atoms with E-state index in [1.54, 1.807) is 23.1 Å². The van der Waals surface area contributed by atoms with Gasteiger partial charge < -0.3 is 5.32 Å². The third-order valence-corrected chi connectivity index (χ3v) is 3.95. The second kappa shape index (κ2) is 6.14. The Balaban J connectivity index is 1.93. The average Bonchev–Trinajstić information content (AvgIpc) is 2.81. The van der Waals surface area contributed by atoms with Gasteiger partial charge in [-0.15, -0.1) is 11.3 Å². The second-order valence-electron chi connectivity index (χ2n) is 3.94. The first-order valence-electron chi connectivity index (χ1n) is 5.49. The highest BCUT2D eigenvalue weighted by atomic mass is 32.2. The Morgan fingerprint density at radius 1 is 1.35 bits per heavy atom. The van der Waals surface area contributed by atoms with E-state index in [-0.39, 0.29) is 0 Å². The summed E-state index contributed by atoms with van der Waals surface area (Å²) in [6.45, 7) is 5.15. The van der Waals surface area contributed by atoms with Crippen LogP contribution >= 0.6 is 23.1 Å². The molecule has 0 aliphatic rings. The van der Waals surface area contributed by atoms with Gasteiger partial charge in [0.1, 0.15) is 5.03 Å². The summed E-state index contributed by atoms with van der Waals surface area (Å²) in [6.07, 6.45) is 3.74. The summed E-state index contributed by atoms with van der Waals surface area (Å²) >= 11 is 3.24. The molecular formula is C12H15N3S2. The molecule has 0 fully saturated rings. The minimum absolute atomic E-state index is 0.499. The molecular weight excluding hydrogens is 250 g/mol. The highest BCUT2D eigenvalue weighted by Gasteiger charge is 2.01. The van der Waals surface area contributed by atoms with Crippen molar-refractivity contribution in [3.63, 3.8) is 0 Å². The van der Waals surface area contributed by atoms with Gasteiger partial charge in [-0.3, -0.25) is 0 Å². The molecule has 0 radical (unpaired) electrons. The zero-order valence-electron chi connectivity index (χ0n) is 9.88. The van der Waals surface area contributed by atoms with Gasteiger partial charge in [-0.1, -0.05) is 19.9 Å². The molecule has 0 bridgehead atoms. The van der Waals surface area contributed by atoms with E-state index in [2.05, 4.69) is 35.2 Å². The Hall–Kier alpha value is -0.910. The molecule has 0 atom stereocenters. The molecule has 0 saturated heterocycles. The quantitative estimate of drug-likeness (QED) is 0.901. The number of aromatic nitrogens is 2. The van der Waals surface area contributed by atoms with Gasteiger partial charge in [-0.25, -0.2) is 9.97 Å². The van der Waals surface area contributed by atoms with E-state index in [4.69, 9.17) is 0 Å². The number of rotatable bonds is 5. The van der Waals surface area contributed by atoms with Crippen LogP contribution in [-0.2, 0) is 6.54 Å². The molecule has 90 valence electrons. The fourth-order valence-electron chi connectivity index (χ4n) is 1.25. The van der Waals surface area contributed by atoms with Crippen molar-refractivity contribution in [2.75, 3.05) is 0 Å². The lowest BCUT2D eigenvalue weighted by atomic mass is 10.2. The van der Waals surface area contributed by atoms with Crippen LogP contribution in [0.4, 0.5) is 0 Å². The van der Waals surface area contributed by atoms with Crippen molar-refractivity contribution in [3.05, 3.63) is 35.5 Å². The maximum atomic E-state index is 4.42. The summed E-state index contributed by atoms with van der Waals surface area (Å²) in [6, 6.07) is 4.65. The fraction of sp³-hybridized carbons (Fsp3) is 0.333. The van der Waals surface area contributed by atoms with Gasteiger partial charge in [0.05, 0.1) is 0 Å². The lowest BCUT2D eigenvalue weighted by Crippen LogP contribution is -2.21. The smallest absolute Gasteiger partial charge is 0.156 e. The molecule has 2 aromatic heterocycles. The van der Waals surface area contributed by atoms with Gasteiger partial charge in [0.15, 0.2) is 4.34 Å². The van der Waals surface area contributed by atoms with Crippen LogP contribution < -0.4 is 5.32 Å². The molecule has 2 aromatic rings. The maximum Gasteiger partial charge on any atom is 0.156 e. The van der Waals surface area contributed by atoms with Gasteiger partial charge in [0.25, 0.3) is 0 Å². The first kappa shape index (κ1) is 12.5. The SMILES string of the molecule is CC(C)NCc1ccc(Sc2nccs2)nc1. The Morgan fingerprint density at radius 2 is 2.24 bits per heavy atom. The summed E-state index contributed by atoms with van der Waals surface area (Å²) in [7, 11) is 0. The molecule has 5 heteroatoms. The van der Waals surface area contributed by atoms with Crippen LogP contribution in [0.3, 0.4) is 0 Å². The maximum absolute atomic E-state index is 4.42. The number of hydrogen-bond acceptors (Lipinski definition) is 5. The molecule has 1 N–H and O–H groups in total. The van der Waals surface area contributed by atoms with Crippen molar-refractivity contribution >= 4 is 23.1 Å². The minimum Gasteiger partial charge on any atom is -0.310 e. The van der Waals surface area contributed by atoms with Crippen molar-refractivity contribution in [1.29, 1.82) is 0 Å². The highest BCUT2D eigenvalue weighted by molar-refractivity contribution is 8.00. The third-order valence-electron chi connectivity index (χ3n) is 2.11. The predicted molar refractivity (Wildman–Crippen MR) is 72.4 cm³/mol. The van der Waals surface area contributed by atoms with E-state index in [0.717, 1.165) is 15.9 Å². The number of hydrogen-bond donors (Lipinski definition) is 1. The normalized spacial score (nSPS) is 11.0. The molecule has 17 heavy (non-hydrogen) atoms. The van der Waals surface area contributed by atoms with Crippen LogP contribution in [0, 0.1) is 0 Å². The Labute approximate surface area is 110 Å². The molecule has 0 amide bonds. The van der Waals surface area contributed by atoms with Gasteiger partial charge in [0, 0.05) is 30.4 Å². The number of thiazole rings is 1. The molecule has 2 heterocycles. The number of nitrogens with zero attached hydrogens (tertiary/aromatic N) is 2. The third kappa shape index (κ3) is 4.11. The zero-order valence-corrected chi connectivity index (χ0v) is 11.5. The molecule has 0 aliphatic carbocycles. The Kier molecular flexibility index (Phi) is 4.53. The van der Waals surface area contributed by atoms with E-state index in [1.807, 2.05) is 23.8 Å². The molecule has 2 rings (SSSR count). The van der Waals surface area contributed by atoms with Gasteiger partial charge in [0.2, 0.25) is 0 Å². The topological polar surface area (TPSA) is 37.8 Å². The molecule has 0 aromatic carbocycles. The molecule has 0 saturated carbocycles. The summed E-state index contributed by atoms with van der Waals surface area (Å²) in [4.78, 5) is 8.64.